The molecule has 1 atom stereocenters. The molecule has 0 bridgehead atoms. The van der Waals surface area contributed by atoms with Crippen LogP contribution in [-0.2, 0) is 11.3 Å². The maximum Gasteiger partial charge on any atom is 0.165 e. The summed E-state index contributed by atoms with van der Waals surface area (Å²) in [4.78, 5) is 16.2. The largest absolute Gasteiger partial charge is 0.376 e. The maximum absolute atomic E-state index is 5.65. The number of imidazole rings is 1. The highest BCUT2D eigenvalue weighted by Gasteiger charge is 2.17. The third-order valence-electron chi connectivity index (χ3n) is 5.57. The summed E-state index contributed by atoms with van der Waals surface area (Å²) < 4.78 is 7.77. The monoisotopic (exact) mass is 399 g/mol. The second kappa shape index (κ2) is 7.97. The van der Waals surface area contributed by atoms with Crippen molar-refractivity contribution in [1.29, 1.82) is 0 Å². The molecule has 1 aliphatic heterocycles. The second-order valence-corrected chi connectivity index (χ2v) is 7.85. The van der Waals surface area contributed by atoms with E-state index < -0.39 is 0 Å². The van der Waals surface area contributed by atoms with Crippen LogP contribution in [0.5, 0.6) is 0 Å². The van der Waals surface area contributed by atoms with Crippen LogP contribution < -0.4 is 0 Å². The number of hydrogen-bond donors (Lipinski definition) is 0. The van der Waals surface area contributed by atoms with E-state index in [1.807, 2.05) is 31.2 Å². The molecule has 1 aliphatic rings. The first kappa shape index (κ1) is 18.9. The van der Waals surface area contributed by atoms with Crippen LogP contribution in [0.15, 0.2) is 60.9 Å². The van der Waals surface area contributed by atoms with Gasteiger partial charge in [-0.3, -0.25) is 14.5 Å². The number of pyridine rings is 2. The van der Waals surface area contributed by atoms with Crippen LogP contribution in [0.25, 0.3) is 28.1 Å². The summed E-state index contributed by atoms with van der Waals surface area (Å²) >= 11 is 0. The Labute approximate surface area is 176 Å². The van der Waals surface area contributed by atoms with Gasteiger partial charge in [-0.1, -0.05) is 12.1 Å². The van der Waals surface area contributed by atoms with Gasteiger partial charge in [-0.25, -0.2) is 9.97 Å². The zero-order valence-electron chi connectivity index (χ0n) is 17.3. The molecular formula is C24H25N5O. The first-order chi connectivity index (χ1) is 14.7. The third-order valence-corrected chi connectivity index (χ3v) is 5.57. The first-order valence-corrected chi connectivity index (χ1v) is 10.4. The van der Waals surface area contributed by atoms with Crippen molar-refractivity contribution in [2.24, 2.45) is 0 Å². The van der Waals surface area contributed by atoms with Gasteiger partial charge in [0.15, 0.2) is 5.65 Å². The van der Waals surface area contributed by atoms with Gasteiger partial charge in [-0.15, -0.1) is 0 Å². The van der Waals surface area contributed by atoms with E-state index in [0.717, 1.165) is 60.2 Å². The van der Waals surface area contributed by atoms with Gasteiger partial charge < -0.3 is 4.74 Å². The average molecular weight is 399 g/mol. The number of rotatable bonds is 4. The molecule has 1 fully saturated rings. The highest BCUT2D eigenvalue weighted by atomic mass is 16.5. The van der Waals surface area contributed by atoms with Crippen molar-refractivity contribution >= 4 is 11.2 Å². The topological polar surface area (TPSA) is 56.1 Å². The molecule has 0 aliphatic carbocycles. The van der Waals surface area contributed by atoms with Crippen LogP contribution in [0.3, 0.4) is 0 Å². The summed E-state index contributed by atoms with van der Waals surface area (Å²) in [5.74, 6) is 0.930. The quantitative estimate of drug-likeness (QED) is 0.519. The van der Waals surface area contributed by atoms with E-state index in [0.29, 0.717) is 6.10 Å². The Balaban J connectivity index is 1.46. The Morgan fingerprint density at radius 2 is 1.80 bits per heavy atom. The van der Waals surface area contributed by atoms with E-state index in [2.05, 4.69) is 45.6 Å². The molecule has 6 nitrogen and oxygen atoms in total. The molecule has 0 saturated carbocycles. The van der Waals surface area contributed by atoms with Crippen LogP contribution in [-0.4, -0.2) is 50.2 Å². The molecule has 5 rings (SSSR count). The van der Waals surface area contributed by atoms with Crippen LogP contribution in [0.4, 0.5) is 0 Å². The zero-order chi connectivity index (χ0) is 20.5. The lowest BCUT2D eigenvalue weighted by atomic mass is 10.1. The number of fused-ring (bicyclic) bond motifs is 1. The first-order valence-electron chi connectivity index (χ1n) is 10.4. The number of aromatic nitrogens is 4. The van der Waals surface area contributed by atoms with Crippen LogP contribution in [0.2, 0.25) is 0 Å². The molecule has 152 valence electrons. The average Bonchev–Trinajstić information content (AvgIpc) is 3.10. The number of benzene rings is 1. The number of hydrogen-bond acceptors (Lipinski definition) is 5. The second-order valence-electron chi connectivity index (χ2n) is 7.85. The molecule has 4 aromatic rings. The van der Waals surface area contributed by atoms with Gasteiger partial charge in [-0.05, 0) is 55.8 Å². The predicted molar refractivity (Wildman–Crippen MR) is 118 cm³/mol. The minimum Gasteiger partial charge on any atom is -0.376 e. The van der Waals surface area contributed by atoms with Crippen molar-refractivity contribution in [3.63, 3.8) is 0 Å². The SMILES string of the molecule is Cc1nc2ccc(-c3ccncc3)nc2n1-c1ccc(CN2CCOC(C)C2)cc1. The van der Waals surface area contributed by atoms with Gasteiger partial charge >= 0.3 is 0 Å². The summed E-state index contributed by atoms with van der Waals surface area (Å²) in [6, 6.07) is 16.7. The van der Waals surface area contributed by atoms with Gasteiger partial charge in [0.25, 0.3) is 0 Å². The lowest BCUT2D eigenvalue weighted by Gasteiger charge is -2.31. The van der Waals surface area contributed by atoms with Crippen LogP contribution >= 0.6 is 0 Å². The Kier molecular flexibility index (Phi) is 5.02. The van der Waals surface area contributed by atoms with Gasteiger partial charge in [0, 0.05) is 43.3 Å². The Morgan fingerprint density at radius 3 is 2.57 bits per heavy atom. The highest BCUT2D eigenvalue weighted by molar-refractivity contribution is 5.78. The van der Waals surface area contributed by atoms with E-state index >= 15 is 0 Å². The van der Waals surface area contributed by atoms with Crippen molar-refractivity contribution in [3.05, 3.63) is 72.3 Å². The smallest absolute Gasteiger partial charge is 0.165 e. The molecule has 1 unspecified atom stereocenters. The van der Waals surface area contributed by atoms with Gasteiger partial charge in [0.1, 0.15) is 11.3 Å². The van der Waals surface area contributed by atoms with Crippen molar-refractivity contribution in [1.82, 2.24) is 24.4 Å². The molecule has 3 aromatic heterocycles. The van der Waals surface area contributed by atoms with E-state index in [-0.39, 0.29) is 0 Å². The maximum atomic E-state index is 5.65. The predicted octanol–water partition coefficient (Wildman–Crippen LogP) is 4.01. The zero-order valence-corrected chi connectivity index (χ0v) is 17.3. The van der Waals surface area contributed by atoms with Gasteiger partial charge in [-0.2, -0.15) is 0 Å². The van der Waals surface area contributed by atoms with Crippen molar-refractivity contribution < 1.29 is 4.74 Å². The van der Waals surface area contributed by atoms with Crippen LogP contribution in [0.1, 0.15) is 18.3 Å². The molecule has 6 heteroatoms. The van der Waals surface area contributed by atoms with Crippen molar-refractivity contribution in [2.45, 2.75) is 26.5 Å². The summed E-state index contributed by atoms with van der Waals surface area (Å²) in [6.07, 6.45) is 3.88. The number of ether oxygens (including phenoxy) is 1. The fraction of sp³-hybridized carbons (Fsp3) is 0.292. The van der Waals surface area contributed by atoms with E-state index in [4.69, 9.17) is 14.7 Å². The Morgan fingerprint density at radius 1 is 1.00 bits per heavy atom. The Bertz CT molecular complexity index is 1150. The lowest BCUT2D eigenvalue weighted by Crippen LogP contribution is -2.40. The van der Waals surface area contributed by atoms with Gasteiger partial charge in [0.05, 0.1) is 18.4 Å². The van der Waals surface area contributed by atoms with E-state index in [1.165, 1.54) is 5.56 Å². The molecule has 0 amide bonds. The minimum absolute atomic E-state index is 0.304. The van der Waals surface area contributed by atoms with Crippen molar-refractivity contribution in [2.75, 3.05) is 19.7 Å². The summed E-state index contributed by atoms with van der Waals surface area (Å²) in [5, 5.41) is 0. The molecule has 0 N–H and O–H groups in total. The Hall–Kier alpha value is -3.09. The summed E-state index contributed by atoms with van der Waals surface area (Å²) in [7, 11) is 0. The van der Waals surface area contributed by atoms with E-state index in [1.54, 1.807) is 12.4 Å². The number of aryl methyl sites for hydroxylation is 1. The highest BCUT2D eigenvalue weighted by Crippen LogP contribution is 2.24. The molecule has 4 heterocycles. The standard InChI is InChI=1S/C24H25N5O/c1-17-15-28(13-14-30-17)16-19-3-5-21(6-4-19)29-18(2)26-23-8-7-22(27-24(23)29)20-9-11-25-12-10-20/h3-12,17H,13-16H2,1-2H3. The van der Waals surface area contributed by atoms with Gasteiger partial charge in [0.2, 0.25) is 0 Å². The third kappa shape index (κ3) is 3.72. The fourth-order valence-electron chi connectivity index (χ4n) is 4.11. The summed E-state index contributed by atoms with van der Waals surface area (Å²) in [6.45, 7) is 7.88. The molecule has 30 heavy (non-hydrogen) atoms. The minimum atomic E-state index is 0.304. The number of morpholine rings is 1. The van der Waals surface area contributed by atoms with Crippen molar-refractivity contribution in [3.8, 4) is 16.9 Å². The molecular weight excluding hydrogens is 374 g/mol. The fourth-order valence-corrected chi connectivity index (χ4v) is 4.11. The van der Waals surface area contributed by atoms with Crippen LogP contribution in [0, 0.1) is 6.92 Å². The lowest BCUT2D eigenvalue weighted by molar-refractivity contribution is -0.0212. The molecule has 1 saturated heterocycles. The molecule has 0 spiro atoms. The molecule has 0 radical (unpaired) electrons. The molecule has 1 aromatic carbocycles. The van der Waals surface area contributed by atoms with E-state index in [9.17, 15) is 0 Å². The normalized spacial score (nSPS) is 17.5. The summed E-state index contributed by atoms with van der Waals surface area (Å²) in [5.41, 5.74) is 6.12. The number of nitrogens with zero attached hydrogens (tertiary/aromatic N) is 5.